The van der Waals surface area contributed by atoms with Gasteiger partial charge in [0.2, 0.25) is 5.91 Å². The van der Waals surface area contributed by atoms with Crippen LogP contribution in [-0.4, -0.2) is 43.5 Å². The number of rotatable bonds is 9. The summed E-state index contributed by atoms with van der Waals surface area (Å²) in [6.07, 6.45) is 0.747. The number of hydrogen-bond donors (Lipinski definition) is 1. The van der Waals surface area contributed by atoms with Gasteiger partial charge in [0.25, 0.3) is 5.91 Å². The molecule has 0 spiro atoms. The molecule has 0 radical (unpaired) electrons. The van der Waals surface area contributed by atoms with Crippen LogP contribution in [0.4, 0.5) is 5.69 Å². The fourth-order valence-electron chi connectivity index (χ4n) is 2.93. The highest BCUT2D eigenvalue weighted by Gasteiger charge is 2.18. The van der Waals surface area contributed by atoms with Gasteiger partial charge in [0.05, 0.1) is 19.3 Å². The molecule has 0 fully saturated rings. The Morgan fingerprint density at radius 2 is 1.75 bits per heavy atom. The molecule has 150 valence electrons. The van der Waals surface area contributed by atoms with Gasteiger partial charge >= 0.3 is 0 Å². The smallest absolute Gasteiger partial charge is 0.260 e. The number of methoxy groups -OCH3 is 1. The maximum atomic E-state index is 12.6. The molecule has 0 aliphatic heterocycles. The van der Waals surface area contributed by atoms with Gasteiger partial charge in [-0.15, -0.1) is 0 Å². The maximum Gasteiger partial charge on any atom is 0.260 e. The van der Waals surface area contributed by atoms with E-state index in [-0.39, 0.29) is 25.0 Å². The first kappa shape index (κ1) is 21.3. The van der Waals surface area contributed by atoms with Gasteiger partial charge in [-0.1, -0.05) is 25.1 Å². The van der Waals surface area contributed by atoms with Crippen molar-refractivity contribution in [3.8, 4) is 11.5 Å². The number of amides is 2. The van der Waals surface area contributed by atoms with Gasteiger partial charge in [0.1, 0.15) is 11.5 Å². The summed E-state index contributed by atoms with van der Waals surface area (Å²) in [6, 6.07) is 13.0. The quantitative estimate of drug-likeness (QED) is 0.718. The number of carbonyl (C=O) groups excluding carboxylic acids is 2. The summed E-state index contributed by atoms with van der Waals surface area (Å²) in [5.74, 6) is 0.719. The third kappa shape index (κ3) is 6.30. The standard InChI is InChI=1S/C22H28N2O4/c1-5-10-24(14-21(25)23-19-8-6-7-9-20(19)27-4)22(26)15-28-18-12-16(2)11-17(3)13-18/h6-9,11-13H,5,10,14-15H2,1-4H3,(H,23,25). The van der Waals surface area contributed by atoms with E-state index in [0.29, 0.717) is 23.7 Å². The number of para-hydroxylation sites is 2. The molecule has 0 heterocycles. The van der Waals surface area contributed by atoms with Gasteiger partial charge < -0.3 is 19.7 Å². The molecule has 0 bridgehead atoms. The predicted octanol–water partition coefficient (Wildman–Crippen LogP) is 3.57. The first-order valence-electron chi connectivity index (χ1n) is 9.34. The van der Waals surface area contributed by atoms with Crippen molar-refractivity contribution in [2.24, 2.45) is 0 Å². The molecule has 2 rings (SSSR count). The van der Waals surface area contributed by atoms with Crippen LogP contribution in [0.25, 0.3) is 0 Å². The number of hydrogen-bond acceptors (Lipinski definition) is 4. The molecule has 0 aromatic heterocycles. The lowest BCUT2D eigenvalue weighted by Gasteiger charge is -2.22. The molecule has 0 aliphatic carbocycles. The van der Waals surface area contributed by atoms with Crippen LogP contribution in [0.1, 0.15) is 24.5 Å². The summed E-state index contributed by atoms with van der Waals surface area (Å²) in [5.41, 5.74) is 2.72. The minimum atomic E-state index is -0.280. The number of carbonyl (C=O) groups is 2. The second-order valence-electron chi connectivity index (χ2n) is 6.68. The molecule has 2 aromatic rings. The Morgan fingerprint density at radius 1 is 1.07 bits per heavy atom. The lowest BCUT2D eigenvalue weighted by molar-refractivity contribution is -0.136. The molecular weight excluding hydrogens is 356 g/mol. The Kier molecular flexibility index (Phi) is 7.87. The minimum absolute atomic E-state index is 0.0407. The summed E-state index contributed by atoms with van der Waals surface area (Å²) in [7, 11) is 1.54. The lowest BCUT2D eigenvalue weighted by Crippen LogP contribution is -2.41. The van der Waals surface area contributed by atoms with Gasteiger partial charge in [0.15, 0.2) is 6.61 Å². The summed E-state index contributed by atoms with van der Waals surface area (Å²) < 4.78 is 10.9. The predicted molar refractivity (Wildman–Crippen MR) is 110 cm³/mol. The zero-order chi connectivity index (χ0) is 20.5. The fraction of sp³-hybridized carbons (Fsp3) is 0.364. The van der Waals surface area contributed by atoms with E-state index in [1.54, 1.807) is 19.2 Å². The molecule has 0 unspecified atom stereocenters. The van der Waals surface area contributed by atoms with Crippen LogP contribution in [0.15, 0.2) is 42.5 Å². The number of benzene rings is 2. The molecule has 0 saturated heterocycles. The zero-order valence-corrected chi connectivity index (χ0v) is 17.0. The number of ether oxygens (including phenoxy) is 2. The van der Waals surface area contributed by atoms with Crippen molar-refractivity contribution in [2.75, 3.05) is 32.1 Å². The van der Waals surface area contributed by atoms with E-state index in [2.05, 4.69) is 5.32 Å². The van der Waals surface area contributed by atoms with Crippen LogP contribution in [0.2, 0.25) is 0 Å². The average molecular weight is 384 g/mol. The molecule has 28 heavy (non-hydrogen) atoms. The second kappa shape index (κ2) is 10.3. The SMILES string of the molecule is CCCN(CC(=O)Nc1ccccc1OC)C(=O)COc1cc(C)cc(C)c1. The molecule has 0 saturated carbocycles. The van der Waals surface area contributed by atoms with Crippen molar-refractivity contribution in [1.29, 1.82) is 0 Å². The Morgan fingerprint density at radius 3 is 2.39 bits per heavy atom. The normalized spacial score (nSPS) is 10.3. The van der Waals surface area contributed by atoms with Crippen molar-refractivity contribution >= 4 is 17.5 Å². The van der Waals surface area contributed by atoms with Crippen molar-refractivity contribution in [1.82, 2.24) is 4.90 Å². The van der Waals surface area contributed by atoms with E-state index in [1.165, 1.54) is 4.90 Å². The molecular formula is C22H28N2O4. The first-order chi connectivity index (χ1) is 13.4. The number of nitrogens with zero attached hydrogens (tertiary/aromatic N) is 1. The summed E-state index contributed by atoms with van der Waals surface area (Å²) in [4.78, 5) is 26.5. The van der Waals surface area contributed by atoms with Crippen LogP contribution in [0, 0.1) is 13.8 Å². The Balaban J connectivity index is 1.97. The van der Waals surface area contributed by atoms with Crippen LogP contribution in [0.5, 0.6) is 11.5 Å². The summed E-state index contributed by atoms with van der Waals surface area (Å²) in [5, 5.41) is 2.80. The second-order valence-corrected chi connectivity index (χ2v) is 6.68. The maximum absolute atomic E-state index is 12.6. The highest BCUT2D eigenvalue weighted by Crippen LogP contribution is 2.23. The number of aryl methyl sites for hydroxylation is 2. The molecule has 2 amide bonds. The Hall–Kier alpha value is -3.02. The van der Waals surface area contributed by atoms with Gasteiger partial charge in [-0.3, -0.25) is 9.59 Å². The van der Waals surface area contributed by atoms with E-state index in [4.69, 9.17) is 9.47 Å². The number of anilines is 1. The van der Waals surface area contributed by atoms with Gasteiger partial charge in [0, 0.05) is 6.54 Å². The Bertz CT molecular complexity index is 800. The van der Waals surface area contributed by atoms with Gasteiger partial charge in [-0.05, 0) is 55.7 Å². The van der Waals surface area contributed by atoms with Crippen molar-refractivity contribution in [2.45, 2.75) is 27.2 Å². The van der Waals surface area contributed by atoms with Crippen molar-refractivity contribution < 1.29 is 19.1 Å². The van der Waals surface area contributed by atoms with Crippen LogP contribution in [0.3, 0.4) is 0 Å². The third-order valence-electron chi connectivity index (χ3n) is 4.12. The molecule has 0 atom stereocenters. The average Bonchev–Trinajstić information content (AvgIpc) is 2.65. The molecule has 0 aliphatic rings. The van der Waals surface area contributed by atoms with E-state index in [9.17, 15) is 9.59 Å². The largest absolute Gasteiger partial charge is 0.495 e. The highest BCUT2D eigenvalue weighted by molar-refractivity contribution is 5.95. The molecule has 2 aromatic carbocycles. The van der Waals surface area contributed by atoms with Crippen LogP contribution < -0.4 is 14.8 Å². The van der Waals surface area contributed by atoms with Crippen LogP contribution in [-0.2, 0) is 9.59 Å². The summed E-state index contributed by atoms with van der Waals surface area (Å²) >= 11 is 0. The lowest BCUT2D eigenvalue weighted by atomic mass is 10.1. The first-order valence-corrected chi connectivity index (χ1v) is 9.34. The minimum Gasteiger partial charge on any atom is -0.495 e. The van der Waals surface area contributed by atoms with Crippen molar-refractivity contribution in [3.63, 3.8) is 0 Å². The van der Waals surface area contributed by atoms with Gasteiger partial charge in [-0.2, -0.15) is 0 Å². The van der Waals surface area contributed by atoms with Gasteiger partial charge in [-0.25, -0.2) is 0 Å². The van der Waals surface area contributed by atoms with Crippen molar-refractivity contribution in [3.05, 3.63) is 53.6 Å². The monoisotopic (exact) mass is 384 g/mol. The fourth-order valence-corrected chi connectivity index (χ4v) is 2.93. The Labute approximate surface area is 166 Å². The van der Waals surface area contributed by atoms with E-state index < -0.39 is 0 Å². The van der Waals surface area contributed by atoms with Crippen LogP contribution >= 0.6 is 0 Å². The zero-order valence-electron chi connectivity index (χ0n) is 17.0. The molecule has 1 N–H and O–H groups in total. The van der Waals surface area contributed by atoms with E-state index in [1.807, 2.05) is 51.1 Å². The van der Waals surface area contributed by atoms with E-state index in [0.717, 1.165) is 17.5 Å². The number of nitrogens with one attached hydrogen (secondary N) is 1. The topological polar surface area (TPSA) is 67.9 Å². The third-order valence-corrected chi connectivity index (χ3v) is 4.12. The molecule has 6 nitrogen and oxygen atoms in total. The molecule has 6 heteroatoms. The summed E-state index contributed by atoms with van der Waals surface area (Å²) in [6.45, 7) is 6.25. The highest BCUT2D eigenvalue weighted by atomic mass is 16.5. The van der Waals surface area contributed by atoms with E-state index >= 15 is 0 Å².